The van der Waals surface area contributed by atoms with Gasteiger partial charge >= 0.3 is 5.97 Å². The van der Waals surface area contributed by atoms with Gasteiger partial charge in [0.25, 0.3) is 5.91 Å². The van der Waals surface area contributed by atoms with Crippen molar-refractivity contribution in [2.24, 2.45) is 5.14 Å². The number of nitrogens with one attached hydrogen (secondary N) is 1. The number of anilines is 1. The van der Waals surface area contributed by atoms with Crippen molar-refractivity contribution in [2.45, 2.75) is 31.8 Å². The largest absolute Gasteiger partial charge is 0.449 e. The third-order valence-electron chi connectivity index (χ3n) is 3.82. The van der Waals surface area contributed by atoms with E-state index in [1.807, 2.05) is 0 Å². The average Bonchev–Trinajstić information content (AvgIpc) is 2.57. The van der Waals surface area contributed by atoms with Gasteiger partial charge in [-0.15, -0.1) is 0 Å². The van der Waals surface area contributed by atoms with E-state index in [2.05, 4.69) is 5.32 Å². The van der Waals surface area contributed by atoms with Crippen molar-refractivity contribution in [3.05, 3.63) is 58.9 Å². The smallest absolute Gasteiger partial charge is 0.338 e. The second-order valence-corrected chi connectivity index (χ2v) is 7.56. The lowest BCUT2D eigenvalue weighted by Crippen LogP contribution is -2.30. The molecule has 27 heavy (non-hydrogen) atoms. The molecule has 0 aliphatic rings. The minimum absolute atomic E-state index is 0.0642. The van der Waals surface area contributed by atoms with Crippen molar-refractivity contribution in [2.75, 3.05) is 5.32 Å². The first-order valence-corrected chi connectivity index (χ1v) is 9.45. The van der Waals surface area contributed by atoms with Crippen LogP contribution in [0.15, 0.2) is 41.3 Å². The third kappa shape index (κ3) is 5.11. The highest BCUT2D eigenvalue weighted by atomic mass is 32.2. The molecule has 2 aromatic rings. The highest BCUT2D eigenvalue weighted by Gasteiger charge is 2.21. The number of rotatable bonds is 5. The van der Waals surface area contributed by atoms with Crippen molar-refractivity contribution in [1.29, 1.82) is 0 Å². The van der Waals surface area contributed by atoms with Crippen molar-refractivity contribution >= 4 is 27.6 Å². The molecule has 0 spiro atoms. The predicted molar refractivity (Wildman–Crippen MR) is 97.2 cm³/mol. The van der Waals surface area contributed by atoms with Gasteiger partial charge in [0.1, 0.15) is 5.82 Å². The molecule has 2 rings (SSSR count). The predicted octanol–water partition coefficient (Wildman–Crippen LogP) is 2.27. The van der Waals surface area contributed by atoms with Gasteiger partial charge in [-0.1, -0.05) is 12.1 Å². The topological polar surface area (TPSA) is 116 Å². The van der Waals surface area contributed by atoms with Gasteiger partial charge in [-0.3, -0.25) is 4.79 Å². The van der Waals surface area contributed by atoms with E-state index < -0.39 is 33.8 Å². The number of amides is 1. The highest BCUT2D eigenvalue weighted by Crippen LogP contribution is 2.18. The van der Waals surface area contributed by atoms with Gasteiger partial charge in [0, 0.05) is 5.69 Å². The number of carbonyl (C=O) groups is 2. The summed E-state index contributed by atoms with van der Waals surface area (Å²) in [4.78, 5) is 24.1. The number of hydrogen-bond donors (Lipinski definition) is 2. The number of carbonyl (C=O) groups excluding carboxylic acids is 2. The number of sulfonamides is 1. The van der Waals surface area contributed by atoms with E-state index in [0.717, 1.165) is 12.1 Å². The fourth-order valence-electron chi connectivity index (χ4n) is 2.23. The highest BCUT2D eigenvalue weighted by molar-refractivity contribution is 7.89. The minimum Gasteiger partial charge on any atom is -0.449 e. The molecule has 144 valence electrons. The maximum absolute atomic E-state index is 13.5. The van der Waals surface area contributed by atoms with Crippen molar-refractivity contribution in [1.82, 2.24) is 0 Å². The molecule has 0 aliphatic carbocycles. The first-order valence-electron chi connectivity index (χ1n) is 7.90. The van der Waals surface area contributed by atoms with E-state index >= 15 is 0 Å². The number of primary sulfonamides is 1. The number of hydrogen-bond acceptors (Lipinski definition) is 5. The van der Waals surface area contributed by atoms with Crippen LogP contribution in [-0.2, 0) is 19.6 Å². The van der Waals surface area contributed by atoms with Gasteiger partial charge in [0.2, 0.25) is 10.0 Å². The van der Waals surface area contributed by atoms with Gasteiger partial charge in [-0.2, -0.15) is 0 Å². The molecule has 0 heterocycles. The summed E-state index contributed by atoms with van der Waals surface area (Å²) in [5, 5.41) is 7.55. The van der Waals surface area contributed by atoms with E-state index in [9.17, 15) is 22.4 Å². The summed E-state index contributed by atoms with van der Waals surface area (Å²) in [6.45, 7) is 4.46. The lowest BCUT2D eigenvalue weighted by Gasteiger charge is -2.14. The summed E-state index contributed by atoms with van der Waals surface area (Å²) >= 11 is 0. The lowest BCUT2D eigenvalue weighted by molar-refractivity contribution is -0.123. The Labute approximate surface area is 156 Å². The quantitative estimate of drug-likeness (QED) is 0.755. The van der Waals surface area contributed by atoms with E-state index in [0.29, 0.717) is 11.1 Å². The molecular formula is C18H19FN2O5S. The Bertz CT molecular complexity index is 1000. The maximum Gasteiger partial charge on any atom is 0.338 e. The molecule has 0 fully saturated rings. The summed E-state index contributed by atoms with van der Waals surface area (Å²) in [7, 11) is -4.01. The number of benzene rings is 2. The van der Waals surface area contributed by atoms with Gasteiger partial charge in [-0.25, -0.2) is 22.7 Å². The van der Waals surface area contributed by atoms with Gasteiger partial charge in [0.15, 0.2) is 6.10 Å². The zero-order valence-electron chi connectivity index (χ0n) is 14.9. The monoisotopic (exact) mass is 394 g/mol. The Hall–Kier alpha value is -2.78. The molecule has 0 aromatic heterocycles. The molecule has 0 radical (unpaired) electrons. The van der Waals surface area contributed by atoms with Crippen molar-refractivity contribution in [3.8, 4) is 0 Å². The van der Waals surface area contributed by atoms with Crippen LogP contribution in [0.1, 0.15) is 28.4 Å². The molecule has 0 saturated carbocycles. The Morgan fingerprint density at radius 1 is 1.11 bits per heavy atom. The minimum atomic E-state index is -4.01. The molecule has 1 atom stereocenters. The SMILES string of the molecule is Cc1ccc(NC(=O)C(C)OC(=O)c2ccc(C)c(S(N)(=O)=O)c2)cc1F. The Morgan fingerprint density at radius 3 is 2.33 bits per heavy atom. The summed E-state index contributed by atoms with van der Waals surface area (Å²) < 4.78 is 41.7. The summed E-state index contributed by atoms with van der Waals surface area (Å²) in [5.41, 5.74) is 0.960. The van der Waals surface area contributed by atoms with Crippen LogP contribution in [0.2, 0.25) is 0 Å². The van der Waals surface area contributed by atoms with E-state index in [4.69, 9.17) is 9.88 Å². The zero-order chi connectivity index (χ0) is 20.4. The molecule has 7 nitrogen and oxygen atoms in total. The van der Waals surface area contributed by atoms with Crippen LogP contribution < -0.4 is 10.5 Å². The van der Waals surface area contributed by atoms with Gasteiger partial charge < -0.3 is 10.1 Å². The maximum atomic E-state index is 13.5. The summed E-state index contributed by atoms with van der Waals surface area (Å²) in [6.07, 6.45) is -1.19. The van der Waals surface area contributed by atoms with Crippen LogP contribution in [0, 0.1) is 19.7 Å². The van der Waals surface area contributed by atoms with Crippen LogP contribution in [0.3, 0.4) is 0 Å². The summed E-state index contributed by atoms with van der Waals surface area (Å²) in [5.74, 6) is -2.03. The number of nitrogens with two attached hydrogens (primary N) is 1. The van der Waals surface area contributed by atoms with Crippen LogP contribution >= 0.6 is 0 Å². The molecular weight excluding hydrogens is 375 g/mol. The molecule has 0 aliphatic heterocycles. The van der Waals surface area contributed by atoms with Gasteiger partial charge in [-0.05, 0) is 56.2 Å². The average molecular weight is 394 g/mol. The molecule has 3 N–H and O–H groups in total. The number of ether oxygens (including phenoxy) is 1. The molecule has 9 heteroatoms. The van der Waals surface area contributed by atoms with E-state index in [-0.39, 0.29) is 16.1 Å². The number of esters is 1. The molecule has 0 bridgehead atoms. The van der Waals surface area contributed by atoms with Crippen LogP contribution in [0.5, 0.6) is 0 Å². The second kappa shape index (κ2) is 7.85. The molecule has 2 aromatic carbocycles. The Balaban J connectivity index is 2.10. The molecule has 0 saturated heterocycles. The number of aryl methyl sites for hydroxylation is 2. The van der Waals surface area contributed by atoms with Crippen LogP contribution in [0.4, 0.5) is 10.1 Å². The fourth-order valence-corrected chi connectivity index (χ4v) is 3.04. The van der Waals surface area contributed by atoms with Gasteiger partial charge in [0.05, 0.1) is 10.5 Å². The first kappa shape index (κ1) is 20.5. The Kier molecular flexibility index (Phi) is 5.97. The first-order chi connectivity index (χ1) is 12.5. The van der Waals surface area contributed by atoms with Crippen LogP contribution in [-0.4, -0.2) is 26.4 Å². The fraction of sp³-hybridized carbons (Fsp3) is 0.222. The summed E-state index contributed by atoms with van der Waals surface area (Å²) in [6, 6.07) is 8.04. The number of halogens is 1. The van der Waals surface area contributed by atoms with Crippen molar-refractivity contribution in [3.63, 3.8) is 0 Å². The normalized spacial score (nSPS) is 12.3. The van der Waals surface area contributed by atoms with E-state index in [1.165, 1.54) is 38.1 Å². The zero-order valence-corrected chi connectivity index (χ0v) is 15.8. The lowest BCUT2D eigenvalue weighted by atomic mass is 10.1. The second-order valence-electron chi connectivity index (χ2n) is 6.03. The molecule has 1 amide bonds. The molecule has 1 unspecified atom stereocenters. The van der Waals surface area contributed by atoms with E-state index in [1.54, 1.807) is 6.92 Å². The van der Waals surface area contributed by atoms with Crippen molar-refractivity contribution < 1.29 is 27.1 Å². The third-order valence-corrected chi connectivity index (χ3v) is 4.88. The standard InChI is InChI=1S/C18H19FN2O5S/c1-10-5-7-14(9-15(10)19)21-17(22)12(3)26-18(23)13-6-4-11(2)16(8-13)27(20,24)25/h4-9,12H,1-3H3,(H,21,22)(H2,20,24,25). The van der Waals surface area contributed by atoms with Crippen LogP contribution in [0.25, 0.3) is 0 Å². The Morgan fingerprint density at radius 2 is 1.74 bits per heavy atom.